The van der Waals surface area contributed by atoms with Crippen LogP contribution in [0.25, 0.3) is 0 Å². The Bertz CT molecular complexity index is 563. The zero-order valence-corrected chi connectivity index (χ0v) is 13.4. The number of amides is 1. The van der Waals surface area contributed by atoms with E-state index >= 15 is 0 Å². The van der Waals surface area contributed by atoms with Crippen LogP contribution in [0.5, 0.6) is 0 Å². The number of thioether (sulfide) groups is 1. The van der Waals surface area contributed by atoms with Gasteiger partial charge in [0.25, 0.3) is 5.91 Å². The van der Waals surface area contributed by atoms with E-state index in [4.69, 9.17) is 23.2 Å². The van der Waals surface area contributed by atoms with Gasteiger partial charge in [-0.25, -0.2) is 0 Å². The smallest absolute Gasteiger partial charge is 0.255 e. The number of nitriles is 1. The minimum absolute atomic E-state index is 0.0979. The Morgan fingerprint density at radius 1 is 1.40 bits per heavy atom. The van der Waals surface area contributed by atoms with Crippen LogP contribution in [0.4, 0.5) is 0 Å². The van der Waals surface area contributed by atoms with E-state index in [0.29, 0.717) is 41.5 Å². The maximum atomic E-state index is 12.4. The van der Waals surface area contributed by atoms with Crippen LogP contribution in [0, 0.1) is 11.3 Å². The number of likely N-dealkylation sites (tertiary alicyclic amines) is 1. The molecule has 1 saturated heterocycles. The zero-order valence-electron chi connectivity index (χ0n) is 11.0. The molecule has 20 heavy (non-hydrogen) atoms. The molecule has 0 saturated carbocycles. The van der Waals surface area contributed by atoms with Crippen LogP contribution in [-0.4, -0.2) is 34.9 Å². The topological polar surface area (TPSA) is 44.1 Å². The van der Waals surface area contributed by atoms with Crippen molar-refractivity contribution in [3.05, 3.63) is 33.8 Å². The van der Waals surface area contributed by atoms with E-state index in [0.717, 1.165) is 0 Å². The summed E-state index contributed by atoms with van der Waals surface area (Å²) in [6, 6.07) is 7.24. The molecule has 1 heterocycles. The van der Waals surface area contributed by atoms with Gasteiger partial charge in [-0.1, -0.05) is 23.2 Å². The SMILES string of the molecule is CSC1(C#N)CCN(C(=O)c2ccc(Cl)cc2Cl)CC1. The highest BCUT2D eigenvalue weighted by molar-refractivity contribution is 8.00. The molecule has 1 fully saturated rings. The first-order valence-corrected chi connectivity index (χ1v) is 8.20. The lowest BCUT2D eigenvalue weighted by molar-refractivity contribution is 0.0717. The highest BCUT2D eigenvalue weighted by Crippen LogP contribution is 2.34. The van der Waals surface area contributed by atoms with Gasteiger partial charge in [0.05, 0.1) is 16.7 Å². The molecule has 0 aromatic heterocycles. The minimum atomic E-state index is -0.361. The molecule has 6 heteroatoms. The highest BCUT2D eigenvalue weighted by atomic mass is 35.5. The van der Waals surface area contributed by atoms with Crippen molar-refractivity contribution >= 4 is 40.9 Å². The Morgan fingerprint density at radius 2 is 2.05 bits per heavy atom. The number of hydrogen-bond donors (Lipinski definition) is 0. The number of hydrogen-bond acceptors (Lipinski definition) is 3. The molecule has 0 bridgehead atoms. The van der Waals surface area contributed by atoms with Gasteiger partial charge in [0.15, 0.2) is 0 Å². The molecule has 0 spiro atoms. The third-order valence-electron chi connectivity index (χ3n) is 3.61. The predicted octanol–water partition coefficient (Wildman–Crippen LogP) is 3.85. The summed E-state index contributed by atoms with van der Waals surface area (Å²) in [7, 11) is 0. The van der Waals surface area contributed by atoms with Crippen molar-refractivity contribution in [1.82, 2.24) is 4.90 Å². The van der Waals surface area contributed by atoms with Gasteiger partial charge in [-0.15, -0.1) is 11.8 Å². The number of halogens is 2. The first kappa shape index (κ1) is 15.5. The van der Waals surface area contributed by atoms with E-state index in [9.17, 15) is 10.1 Å². The van der Waals surface area contributed by atoms with Gasteiger partial charge in [0, 0.05) is 18.1 Å². The van der Waals surface area contributed by atoms with Crippen LogP contribution in [0.2, 0.25) is 10.0 Å². The van der Waals surface area contributed by atoms with Crippen LogP contribution in [0.3, 0.4) is 0 Å². The van der Waals surface area contributed by atoms with Crippen molar-refractivity contribution in [3.8, 4) is 6.07 Å². The van der Waals surface area contributed by atoms with Crippen molar-refractivity contribution in [1.29, 1.82) is 5.26 Å². The number of carbonyl (C=O) groups excluding carboxylic acids is 1. The van der Waals surface area contributed by atoms with Crippen LogP contribution < -0.4 is 0 Å². The average molecular weight is 329 g/mol. The maximum Gasteiger partial charge on any atom is 0.255 e. The fourth-order valence-corrected chi connectivity index (χ4v) is 3.44. The molecule has 3 nitrogen and oxygen atoms in total. The van der Waals surface area contributed by atoms with Gasteiger partial charge in [-0.2, -0.15) is 5.26 Å². The zero-order chi connectivity index (χ0) is 14.8. The van der Waals surface area contributed by atoms with E-state index in [1.54, 1.807) is 34.9 Å². The Balaban J connectivity index is 2.11. The van der Waals surface area contributed by atoms with Crippen LogP contribution in [-0.2, 0) is 0 Å². The lowest BCUT2D eigenvalue weighted by Crippen LogP contribution is -2.44. The number of rotatable bonds is 2. The monoisotopic (exact) mass is 328 g/mol. The Hall–Kier alpha value is -0.890. The summed E-state index contributed by atoms with van der Waals surface area (Å²) in [5, 5.41) is 10.1. The molecule has 0 atom stereocenters. The van der Waals surface area contributed by atoms with Crippen LogP contribution in [0.1, 0.15) is 23.2 Å². The predicted molar refractivity (Wildman–Crippen MR) is 83.5 cm³/mol. The normalized spacial score (nSPS) is 17.6. The minimum Gasteiger partial charge on any atom is -0.338 e. The molecule has 1 aromatic rings. The summed E-state index contributed by atoms with van der Waals surface area (Å²) >= 11 is 13.5. The maximum absolute atomic E-state index is 12.4. The third kappa shape index (κ3) is 3.06. The largest absolute Gasteiger partial charge is 0.338 e. The van der Waals surface area contributed by atoms with Crippen LogP contribution in [0.15, 0.2) is 18.2 Å². The Kier molecular flexibility index (Phi) is 4.85. The quantitative estimate of drug-likeness (QED) is 0.828. The van der Waals surface area contributed by atoms with Crippen molar-refractivity contribution in [3.63, 3.8) is 0 Å². The van der Waals surface area contributed by atoms with Crippen molar-refractivity contribution in [2.45, 2.75) is 17.6 Å². The number of benzene rings is 1. The molecule has 0 N–H and O–H groups in total. The molecule has 106 valence electrons. The molecule has 1 aliphatic rings. The third-order valence-corrected chi connectivity index (χ3v) is 5.44. The fraction of sp³-hybridized carbons (Fsp3) is 0.429. The highest BCUT2D eigenvalue weighted by Gasteiger charge is 2.35. The molecular weight excluding hydrogens is 315 g/mol. The number of carbonyl (C=O) groups is 1. The molecule has 2 rings (SSSR count). The molecule has 0 radical (unpaired) electrons. The molecule has 0 unspecified atom stereocenters. The Labute approximate surface area is 132 Å². The van der Waals surface area contributed by atoms with Gasteiger partial charge >= 0.3 is 0 Å². The lowest BCUT2D eigenvalue weighted by atomic mass is 9.96. The van der Waals surface area contributed by atoms with Crippen LogP contribution >= 0.6 is 35.0 Å². The first-order valence-electron chi connectivity index (χ1n) is 6.22. The van der Waals surface area contributed by atoms with Crippen molar-refractivity contribution in [2.24, 2.45) is 0 Å². The number of piperidine rings is 1. The first-order chi connectivity index (χ1) is 9.51. The van der Waals surface area contributed by atoms with Gasteiger partial charge in [-0.05, 0) is 37.3 Å². The van der Waals surface area contributed by atoms with E-state index < -0.39 is 0 Å². The second-order valence-electron chi connectivity index (χ2n) is 4.73. The summed E-state index contributed by atoms with van der Waals surface area (Å²) in [6.45, 7) is 1.15. The van der Waals surface area contributed by atoms with Gasteiger partial charge in [-0.3, -0.25) is 4.79 Å². The van der Waals surface area contributed by atoms with E-state index in [1.165, 1.54) is 0 Å². The second kappa shape index (κ2) is 6.26. The summed E-state index contributed by atoms with van der Waals surface area (Å²) in [5.41, 5.74) is 0.463. The Morgan fingerprint density at radius 3 is 2.55 bits per heavy atom. The summed E-state index contributed by atoms with van der Waals surface area (Å²) in [5.74, 6) is -0.0979. The molecule has 1 aromatic carbocycles. The summed E-state index contributed by atoms with van der Waals surface area (Å²) in [4.78, 5) is 14.2. The molecule has 0 aliphatic carbocycles. The molecular formula is C14H14Cl2N2OS. The van der Waals surface area contributed by atoms with Gasteiger partial charge < -0.3 is 4.90 Å². The van der Waals surface area contributed by atoms with Crippen molar-refractivity contribution in [2.75, 3.05) is 19.3 Å². The average Bonchev–Trinajstić information content (AvgIpc) is 2.47. The van der Waals surface area contributed by atoms with Gasteiger partial charge in [0.1, 0.15) is 4.75 Å². The lowest BCUT2D eigenvalue weighted by Gasteiger charge is -2.36. The van der Waals surface area contributed by atoms with Crippen molar-refractivity contribution < 1.29 is 4.79 Å². The van der Waals surface area contributed by atoms with E-state index in [-0.39, 0.29) is 10.7 Å². The fourth-order valence-electron chi connectivity index (χ4n) is 2.27. The standard InChI is InChI=1S/C14H14Cl2N2OS/c1-20-14(9-17)4-6-18(7-5-14)13(19)11-3-2-10(15)8-12(11)16/h2-3,8H,4-7H2,1H3. The summed E-state index contributed by atoms with van der Waals surface area (Å²) in [6.07, 6.45) is 3.31. The van der Waals surface area contributed by atoms with E-state index in [1.807, 2.05) is 6.26 Å². The van der Waals surface area contributed by atoms with E-state index in [2.05, 4.69) is 6.07 Å². The molecule has 1 amide bonds. The van der Waals surface area contributed by atoms with Gasteiger partial charge in [0.2, 0.25) is 0 Å². The molecule has 1 aliphatic heterocycles. The second-order valence-corrected chi connectivity index (χ2v) is 6.76. The summed E-state index contributed by atoms with van der Waals surface area (Å²) < 4.78 is -0.361. The number of nitrogens with zero attached hydrogens (tertiary/aromatic N) is 2.